The van der Waals surface area contributed by atoms with Gasteiger partial charge in [-0.3, -0.25) is 9.59 Å². The smallest absolute Gasteiger partial charge is 0.307 e. The number of rotatable bonds is 7. The maximum atomic E-state index is 12.6. The Morgan fingerprint density at radius 1 is 1.07 bits per heavy atom. The molecule has 146 valence electrons. The van der Waals surface area contributed by atoms with Crippen LogP contribution in [0.4, 0.5) is 0 Å². The van der Waals surface area contributed by atoms with Crippen molar-refractivity contribution < 1.29 is 19.1 Å². The highest BCUT2D eigenvalue weighted by Gasteiger charge is 2.12. The van der Waals surface area contributed by atoms with Gasteiger partial charge in [-0.05, 0) is 44.2 Å². The second-order valence-electron chi connectivity index (χ2n) is 5.94. The van der Waals surface area contributed by atoms with Crippen molar-refractivity contribution in [2.45, 2.75) is 26.8 Å². The molecule has 1 amide bonds. The Bertz CT molecular complexity index is 1040. The standard InChI is InChI=1S/C21H22N2O4S/c1-3-26-16-10-11-17-18(14-16)28-21(23(17)13-12-19(24)27-4-2)22-20(25)15-8-6-5-7-9-15/h5-11,14H,3-4,12-13H2,1-2H3. The molecule has 7 heteroatoms. The molecule has 0 bridgehead atoms. The summed E-state index contributed by atoms with van der Waals surface area (Å²) in [6.07, 6.45) is 0.208. The summed E-state index contributed by atoms with van der Waals surface area (Å²) >= 11 is 1.40. The van der Waals surface area contributed by atoms with Gasteiger partial charge in [0.2, 0.25) is 0 Å². The quantitative estimate of drug-likeness (QED) is 0.568. The van der Waals surface area contributed by atoms with Crippen LogP contribution < -0.4 is 9.54 Å². The first-order valence-corrected chi connectivity index (χ1v) is 10.00. The maximum Gasteiger partial charge on any atom is 0.307 e. The van der Waals surface area contributed by atoms with Crippen LogP contribution in [0.25, 0.3) is 10.2 Å². The zero-order chi connectivity index (χ0) is 19.9. The SMILES string of the molecule is CCOC(=O)CCn1c(=NC(=O)c2ccccc2)sc2cc(OCC)ccc21. The molecule has 0 spiro atoms. The van der Waals surface area contributed by atoms with E-state index in [2.05, 4.69) is 4.99 Å². The summed E-state index contributed by atoms with van der Waals surface area (Å²) in [4.78, 5) is 29.2. The zero-order valence-corrected chi connectivity index (χ0v) is 16.7. The Hall–Kier alpha value is -2.93. The van der Waals surface area contributed by atoms with E-state index in [9.17, 15) is 9.59 Å². The highest BCUT2D eigenvalue weighted by atomic mass is 32.1. The summed E-state index contributed by atoms with van der Waals surface area (Å²) < 4.78 is 13.4. The lowest BCUT2D eigenvalue weighted by molar-refractivity contribution is -0.143. The summed E-state index contributed by atoms with van der Waals surface area (Å²) in [6.45, 7) is 5.00. The third-order valence-electron chi connectivity index (χ3n) is 4.03. The van der Waals surface area contributed by atoms with E-state index in [-0.39, 0.29) is 18.3 Å². The second kappa shape index (κ2) is 9.32. The van der Waals surface area contributed by atoms with Gasteiger partial charge in [-0.15, -0.1) is 0 Å². The van der Waals surface area contributed by atoms with Crippen molar-refractivity contribution >= 4 is 33.4 Å². The Morgan fingerprint density at radius 2 is 1.86 bits per heavy atom. The number of aromatic nitrogens is 1. The molecule has 3 aromatic rings. The zero-order valence-electron chi connectivity index (χ0n) is 15.9. The van der Waals surface area contributed by atoms with Crippen LogP contribution >= 0.6 is 11.3 Å². The monoisotopic (exact) mass is 398 g/mol. The van der Waals surface area contributed by atoms with Gasteiger partial charge >= 0.3 is 5.97 Å². The van der Waals surface area contributed by atoms with Crippen LogP contribution in [0.3, 0.4) is 0 Å². The summed E-state index contributed by atoms with van der Waals surface area (Å²) in [7, 11) is 0. The lowest BCUT2D eigenvalue weighted by Crippen LogP contribution is -2.19. The predicted octanol–water partition coefficient (Wildman–Crippen LogP) is 3.80. The lowest BCUT2D eigenvalue weighted by Gasteiger charge is -2.06. The Balaban J connectivity index is 2.03. The van der Waals surface area contributed by atoms with Crippen molar-refractivity contribution in [2.24, 2.45) is 4.99 Å². The van der Waals surface area contributed by atoms with Gasteiger partial charge in [0, 0.05) is 12.1 Å². The third-order valence-corrected chi connectivity index (χ3v) is 5.07. The average molecular weight is 398 g/mol. The van der Waals surface area contributed by atoms with Crippen LogP contribution in [0.2, 0.25) is 0 Å². The number of nitrogens with zero attached hydrogens (tertiary/aromatic N) is 2. The van der Waals surface area contributed by atoms with E-state index in [4.69, 9.17) is 9.47 Å². The fraction of sp³-hybridized carbons (Fsp3) is 0.286. The van der Waals surface area contributed by atoms with Crippen molar-refractivity contribution in [1.82, 2.24) is 4.57 Å². The van der Waals surface area contributed by atoms with Gasteiger partial charge in [0.05, 0.1) is 29.9 Å². The number of fused-ring (bicyclic) bond motifs is 1. The molecule has 0 saturated heterocycles. The van der Waals surface area contributed by atoms with E-state index in [1.165, 1.54) is 11.3 Å². The maximum absolute atomic E-state index is 12.6. The fourth-order valence-corrected chi connectivity index (χ4v) is 3.86. The molecule has 6 nitrogen and oxygen atoms in total. The van der Waals surface area contributed by atoms with Gasteiger partial charge in [0.15, 0.2) is 4.80 Å². The van der Waals surface area contributed by atoms with E-state index >= 15 is 0 Å². The van der Waals surface area contributed by atoms with Gasteiger partial charge in [0.25, 0.3) is 5.91 Å². The van der Waals surface area contributed by atoms with Crippen molar-refractivity contribution in [2.75, 3.05) is 13.2 Å². The number of thiazole rings is 1. The molecule has 1 aromatic heterocycles. The summed E-state index contributed by atoms with van der Waals surface area (Å²) in [5, 5.41) is 0. The average Bonchev–Trinajstić information content (AvgIpc) is 3.03. The molecule has 0 saturated carbocycles. The largest absolute Gasteiger partial charge is 0.494 e. The van der Waals surface area contributed by atoms with E-state index in [1.54, 1.807) is 31.2 Å². The number of ether oxygens (including phenoxy) is 2. The molecular weight excluding hydrogens is 376 g/mol. The molecule has 0 aliphatic carbocycles. The molecule has 0 atom stereocenters. The summed E-state index contributed by atoms with van der Waals surface area (Å²) in [6, 6.07) is 14.6. The summed E-state index contributed by atoms with van der Waals surface area (Å²) in [5.41, 5.74) is 1.42. The number of hydrogen-bond donors (Lipinski definition) is 0. The molecule has 3 rings (SSSR count). The van der Waals surface area contributed by atoms with Gasteiger partial charge in [-0.2, -0.15) is 4.99 Å². The van der Waals surface area contributed by atoms with Crippen molar-refractivity contribution in [3.8, 4) is 5.75 Å². The Morgan fingerprint density at radius 3 is 2.57 bits per heavy atom. The fourth-order valence-electron chi connectivity index (χ4n) is 2.78. The molecule has 0 radical (unpaired) electrons. The van der Waals surface area contributed by atoms with Gasteiger partial charge in [0.1, 0.15) is 5.75 Å². The Kier molecular flexibility index (Phi) is 6.60. The minimum absolute atomic E-state index is 0.208. The topological polar surface area (TPSA) is 69.9 Å². The van der Waals surface area contributed by atoms with Crippen LogP contribution in [-0.2, 0) is 16.1 Å². The van der Waals surface area contributed by atoms with Crippen LogP contribution in [0, 0.1) is 0 Å². The number of carbonyl (C=O) groups excluding carboxylic acids is 2. The van der Waals surface area contributed by atoms with Crippen LogP contribution in [0.15, 0.2) is 53.5 Å². The van der Waals surface area contributed by atoms with Gasteiger partial charge in [-0.1, -0.05) is 29.5 Å². The van der Waals surface area contributed by atoms with Crippen LogP contribution in [-0.4, -0.2) is 29.7 Å². The molecule has 0 aliphatic rings. The lowest BCUT2D eigenvalue weighted by atomic mass is 10.2. The molecule has 1 heterocycles. The highest BCUT2D eigenvalue weighted by molar-refractivity contribution is 7.16. The molecule has 28 heavy (non-hydrogen) atoms. The number of aryl methyl sites for hydroxylation is 1. The van der Waals surface area contributed by atoms with E-state index < -0.39 is 0 Å². The second-order valence-corrected chi connectivity index (χ2v) is 6.95. The number of carbonyl (C=O) groups is 2. The van der Waals surface area contributed by atoms with Gasteiger partial charge in [-0.25, -0.2) is 0 Å². The first-order chi connectivity index (χ1) is 13.6. The summed E-state index contributed by atoms with van der Waals surface area (Å²) in [5.74, 6) is 0.164. The van der Waals surface area contributed by atoms with Crippen LogP contribution in [0.1, 0.15) is 30.6 Å². The first kappa shape index (κ1) is 19.8. The predicted molar refractivity (Wildman–Crippen MR) is 109 cm³/mol. The minimum atomic E-state index is -0.318. The van der Waals surface area contributed by atoms with Crippen LogP contribution in [0.5, 0.6) is 5.75 Å². The number of esters is 1. The number of hydrogen-bond acceptors (Lipinski definition) is 5. The van der Waals surface area contributed by atoms with Crippen molar-refractivity contribution in [1.29, 1.82) is 0 Å². The normalized spacial score (nSPS) is 11.6. The molecule has 0 aliphatic heterocycles. The molecule has 0 unspecified atom stereocenters. The number of amides is 1. The van der Waals surface area contributed by atoms with Gasteiger partial charge < -0.3 is 14.0 Å². The van der Waals surface area contributed by atoms with Crippen molar-refractivity contribution in [3.63, 3.8) is 0 Å². The highest BCUT2D eigenvalue weighted by Crippen LogP contribution is 2.24. The van der Waals surface area contributed by atoms with E-state index in [0.29, 0.717) is 30.1 Å². The molecular formula is C21H22N2O4S. The molecule has 0 fully saturated rings. The molecule has 2 aromatic carbocycles. The Labute approximate surface area is 167 Å². The molecule has 0 N–H and O–H groups in total. The van der Waals surface area contributed by atoms with E-state index in [0.717, 1.165) is 16.0 Å². The number of benzene rings is 2. The van der Waals surface area contributed by atoms with Crippen molar-refractivity contribution in [3.05, 3.63) is 58.9 Å². The third kappa shape index (κ3) is 4.67. The first-order valence-electron chi connectivity index (χ1n) is 9.18. The van der Waals surface area contributed by atoms with E-state index in [1.807, 2.05) is 35.8 Å². The minimum Gasteiger partial charge on any atom is -0.494 e.